The van der Waals surface area contributed by atoms with Gasteiger partial charge in [-0.2, -0.15) is 0 Å². The molecule has 7 rings (SSSR count). The van der Waals surface area contributed by atoms with Crippen LogP contribution in [0.1, 0.15) is 50.3 Å². The number of hydrogen-bond donors (Lipinski definition) is 1. The zero-order chi connectivity index (χ0) is 36.6. The molecule has 10 heteroatoms. The highest BCUT2D eigenvalue weighted by molar-refractivity contribution is 7.92. The molecular formula is C42H40ClN5O3S. The molecule has 2 heterocycles. The minimum atomic E-state index is -3.57. The number of aromatic nitrogens is 4. The monoisotopic (exact) mass is 729 g/mol. The molecule has 52 heavy (non-hydrogen) atoms. The van der Waals surface area contributed by atoms with Crippen molar-refractivity contribution in [2.75, 3.05) is 18.1 Å². The number of rotatable bonds is 11. The third kappa shape index (κ3) is 7.61. The number of imidazole rings is 2. The molecule has 0 aliphatic carbocycles. The first-order chi connectivity index (χ1) is 24.9. The molecule has 8 nitrogen and oxygen atoms in total. The molecule has 0 aliphatic heterocycles. The summed E-state index contributed by atoms with van der Waals surface area (Å²) in [5.74, 6) is 1.66. The van der Waals surface area contributed by atoms with Crippen LogP contribution in [0.15, 0.2) is 97.3 Å². The number of aryl methyl sites for hydroxylation is 3. The first-order valence-electron chi connectivity index (χ1n) is 17.0. The van der Waals surface area contributed by atoms with Crippen LogP contribution >= 0.6 is 11.6 Å². The van der Waals surface area contributed by atoms with Crippen LogP contribution in [0.4, 0.5) is 5.69 Å². The molecule has 5 aromatic carbocycles. The number of nitrogens with one attached hydrogen (secondary N) is 1. The van der Waals surface area contributed by atoms with Crippen LogP contribution in [-0.2, 0) is 29.5 Å². The van der Waals surface area contributed by atoms with Crippen LogP contribution in [0.5, 0.6) is 5.75 Å². The Hall–Kier alpha value is -5.38. The largest absolute Gasteiger partial charge is 0.497 e. The molecule has 0 unspecified atom stereocenters. The molecule has 0 amide bonds. The minimum absolute atomic E-state index is 0.514. The van der Waals surface area contributed by atoms with Crippen molar-refractivity contribution < 1.29 is 13.2 Å². The lowest BCUT2D eigenvalue weighted by molar-refractivity contribution is 0.414. The maximum absolute atomic E-state index is 12.6. The van der Waals surface area contributed by atoms with E-state index in [1.807, 2.05) is 60.0 Å². The van der Waals surface area contributed by atoms with E-state index in [1.165, 1.54) is 17.4 Å². The predicted molar refractivity (Wildman–Crippen MR) is 213 cm³/mol. The van der Waals surface area contributed by atoms with E-state index in [1.54, 1.807) is 13.4 Å². The normalized spacial score (nSPS) is 12.0. The third-order valence-corrected chi connectivity index (χ3v) is 10.3. The molecule has 0 bridgehead atoms. The first kappa shape index (κ1) is 35.0. The van der Waals surface area contributed by atoms with E-state index in [9.17, 15) is 8.42 Å². The minimum Gasteiger partial charge on any atom is -0.497 e. The standard InChI is InChI=1S/C42H40ClN5O3S/c1-27-20-37-38(21-28(27)2)48(25-33-10-15-34(43)16-11-33)40(45-37)19-14-30-6-8-31(9-7-30)23-36-29(3)22-39-42(41(36)46-52(5,49)50)44-26-47(39)24-32-12-17-35(51-4)18-13-32/h6-22,26,46H,23-25H2,1-5H3/b19-14+. The van der Waals surface area contributed by atoms with Crippen LogP contribution in [0, 0.1) is 20.8 Å². The molecule has 0 spiro atoms. The summed E-state index contributed by atoms with van der Waals surface area (Å²) in [5.41, 5.74) is 12.6. The second-order valence-corrected chi connectivity index (χ2v) is 15.6. The predicted octanol–water partition coefficient (Wildman–Crippen LogP) is 9.20. The molecular weight excluding hydrogens is 690 g/mol. The zero-order valence-electron chi connectivity index (χ0n) is 29.8. The lowest BCUT2D eigenvalue weighted by atomic mass is 9.97. The van der Waals surface area contributed by atoms with E-state index in [-0.39, 0.29) is 0 Å². The van der Waals surface area contributed by atoms with Crippen molar-refractivity contribution in [1.82, 2.24) is 19.1 Å². The van der Waals surface area contributed by atoms with Gasteiger partial charge >= 0.3 is 0 Å². The lowest BCUT2D eigenvalue weighted by Gasteiger charge is -2.16. The molecule has 0 saturated heterocycles. The van der Waals surface area contributed by atoms with Crippen molar-refractivity contribution in [3.63, 3.8) is 0 Å². The number of nitrogens with zero attached hydrogens (tertiary/aromatic N) is 4. The maximum atomic E-state index is 12.6. The highest BCUT2D eigenvalue weighted by Crippen LogP contribution is 2.33. The molecule has 0 fully saturated rings. The summed E-state index contributed by atoms with van der Waals surface area (Å²) in [6.45, 7) is 7.51. The molecule has 2 aromatic heterocycles. The van der Waals surface area contributed by atoms with Gasteiger partial charge in [-0.05, 0) is 120 Å². The van der Waals surface area contributed by atoms with Crippen LogP contribution in [0.2, 0.25) is 5.02 Å². The van der Waals surface area contributed by atoms with Gasteiger partial charge in [0.05, 0.1) is 41.9 Å². The zero-order valence-corrected chi connectivity index (χ0v) is 31.4. The second kappa shape index (κ2) is 14.3. The van der Waals surface area contributed by atoms with Gasteiger partial charge in [0, 0.05) is 18.1 Å². The number of benzene rings is 5. The van der Waals surface area contributed by atoms with Crippen LogP contribution < -0.4 is 9.46 Å². The van der Waals surface area contributed by atoms with E-state index >= 15 is 0 Å². The molecule has 1 N–H and O–H groups in total. The van der Waals surface area contributed by atoms with Gasteiger partial charge in [-0.1, -0.05) is 66.2 Å². The summed E-state index contributed by atoms with van der Waals surface area (Å²) in [5, 5.41) is 0.712. The third-order valence-electron chi connectivity index (χ3n) is 9.48. The molecule has 0 saturated carbocycles. The van der Waals surface area contributed by atoms with Crippen molar-refractivity contribution >= 4 is 61.5 Å². The topological polar surface area (TPSA) is 91.0 Å². The first-order valence-corrected chi connectivity index (χ1v) is 19.3. The second-order valence-electron chi connectivity index (χ2n) is 13.4. The number of halogens is 1. The summed E-state index contributed by atoms with van der Waals surface area (Å²) in [6.07, 6.45) is 7.60. The Morgan fingerprint density at radius 1 is 0.788 bits per heavy atom. The van der Waals surface area contributed by atoms with E-state index in [0.29, 0.717) is 35.7 Å². The smallest absolute Gasteiger partial charge is 0.229 e. The molecule has 264 valence electrons. The van der Waals surface area contributed by atoms with Crippen molar-refractivity contribution in [1.29, 1.82) is 0 Å². The fourth-order valence-electron chi connectivity index (χ4n) is 6.53. The van der Waals surface area contributed by atoms with Gasteiger partial charge in [-0.15, -0.1) is 0 Å². The molecule has 0 atom stereocenters. The van der Waals surface area contributed by atoms with Crippen molar-refractivity contribution in [3.8, 4) is 5.75 Å². The van der Waals surface area contributed by atoms with Gasteiger partial charge in [0.2, 0.25) is 10.0 Å². The lowest BCUT2D eigenvalue weighted by Crippen LogP contribution is -2.13. The highest BCUT2D eigenvalue weighted by Gasteiger charge is 2.19. The van der Waals surface area contributed by atoms with Crippen LogP contribution in [-0.4, -0.2) is 40.9 Å². The number of ether oxygens (including phenoxy) is 1. The Balaban J connectivity index is 1.17. The SMILES string of the molecule is COc1ccc(Cn2cnc3c(NS(C)(=O)=O)c(Cc4ccc(/C=C/c5nc6cc(C)c(C)cc6n5Cc5ccc(Cl)cc5)cc4)c(C)cc32)cc1. The molecule has 7 aromatic rings. The average molecular weight is 730 g/mol. The Morgan fingerprint density at radius 2 is 1.42 bits per heavy atom. The number of anilines is 1. The fourth-order valence-corrected chi connectivity index (χ4v) is 7.25. The van der Waals surface area contributed by atoms with E-state index in [0.717, 1.165) is 61.5 Å². The number of sulfonamides is 1. The Labute approximate surface area is 309 Å². The van der Waals surface area contributed by atoms with E-state index < -0.39 is 10.0 Å². The number of hydrogen-bond acceptors (Lipinski definition) is 5. The number of fused-ring (bicyclic) bond motifs is 2. The summed E-state index contributed by atoms with van der Waals surface area (Å²) in [7, 11) is -1.93. The number of methoxy groups -OCH3 is 1. The van der Waals surface area contributed by atoms with Crippen molar-refractivity contribution in [3.05, 3.63) is 153 Å². The van der Waals surface area contributed by atoms with E-state index in [4.69, 9.17) is 26.3 Å². The molecule has 0 radical (unpaired) electrons. The summed E-state index contributed by atoms with van der Waals surface area (Å²) < 4.78 is 37.6. The summed E-state index contributed by atoms with van der Waals surface area (Å²) in [6, 6.07) is 30.6. The van der Waals surface area contributed by atoms with Gasteiger partial charge < -0.3 is 13.9 Å². The van der Waals surface area contributed by atoms with Gasteiger partial charge in [0.15, 0.2) is 0 Å². The summed E-state index contributed by atoms with van der Waals surface area (Å²) in [4.78, 5) is 9.70. The van der Waals surface area contributed by atoms with E-state index in [2.05, 4.69) is 77.8 Å². The van der Waals surface area contributed by atoms with Gasteiger partial charge in [0.1, 0.15) is 17.1 Å². The van der Waals surface area contributed by atoms with Crippen molar-refractivity contribution in [2.45, 2.75) is 40.3 Å². The van der Waals surface area contributed by atoms with Crippen LogP contribution in [0.25, 0.3) is 34.2 Å². The summed E-state index contributed by atoms with van der Waals surface area (Å²) >= 11 is 6.16. The van der Waals surface area contributed by atoms with Crippen LogP contribution in [0.3, 0.4) is 0 Å². The van der Waals surface area contributed by atoms with Gasteiger partial charge in [0.25, 0.3) is 0 Å². The average Bonchev–Trinajstić information content (AvgIpc) is 3.66. The highest BCUT2D eigenvalue weighted by atomic mass is 35.5. The fraction of sp³-hybridized carbons (Fsp3) is 0.190. The molecule has 0 aliphatic rings. The van der Waals surface area contributed by atoms with Gasteiger partial charge in [-0.25, -0.2) is 18.4 Å². The Bertz CT molecular complexity index is 2550. The van der Waals surface area contributed by atoms with Crippen molar-refractivity contribution in [2.24, 2.45) is 0 Å². The Kier molecular flexibility index (Phi) is 9.65. The maximum Gasteiger partial charge on any atom is 0.229 e. The quantitative estimate of drug-likeness (QED) is 0.143. The Morgan fingerprint density at radius 3 is 2.12 bits per heavy atom. The van der Waals surface area contributed by atoms with Gasteiger partial charge in [-0.3, -0.25) is 4.72 Å².